The van der Waals surface area contributed by atoms with Gasteiger partial charge in [-0.1, -0.05) is 0 Å². The minimum Gasteiger partial charge on any atom is -0.462 e. The Hall–Kier alpha value is -3.86. The summed E-state index contributed by atoms with van der Waals surface area (Å²) in [6.45, 7) is 3.73. The summed E-state index contributed by atoms with van der Waals surface area (Å²) in [5.41, 5.74) is 1.14. The summed E-state index contributed by atoms with van der Waals surface area (Å²) in [6, 6.07) is 10.5. The predicted molar refractivity (Wildman–Crippen MR) is 131 cm³/mol. The van der Waals surface area contributed by atoms with Gasteiger partial charge in [0.15, 0.2) is 5.11 Å². The van der Waals surface area contributed by atoms with Crippen LogP contribution in [0.2, 0.25) is 0 Å². The van der Waals surface area contributed by atoms with E-state index in [2.05, 4.69) is 10.6 Å². The van der Waals surface area contributed by atoms with Crippen LogP contribution >= 0.6 is 12.2 Å². The lowest BCUT2D eigenvalue weighted by Gasteiger charge is -2.24. The van der Waals surface area contributed by atoms with Gasteiger partial charge in [-0.2, -0.15) is 0 Å². The topological polar surface area (TPSA) is 108 Å². The SMILES string of the molecule is CCOC(=O)c1ccc(N2C(=O)[C@H](CC(=O)Nc3ccc(F)cc3)N(CCNC(C)=O)C2=S)cc1. The van der Waals surface area contributed by atoms with Gasteiger partial charge in [0, 0.05) is 25.7 Å². The van der Waals surface area contributed by atoms with Gasteiger partial charge >= 0.3 is 5.97 Å². The first-order chi connectivity index (χ1) is 16.7. The van der Waals surface area contributed by atoms with E-state index in [4.69, 9.17) is 17.0 Å². The number of carbonyl (C=O) groups is 4. The van der Waals surface area contributed by atoms with E-state index in [9.17, 15) is 23.6 Å². The van der Waals surface area contributed by atoms with E-state index in [1.165, 1.54) is 48.2 Å². The van der Waals surface area contributed by atoms with E-state index in [0.29, 0.717) is 16.9 Å². The number of hydrogen-bond donors (Lipinski definition) is 2. The summed E-state index contributed by atoms with van der Waals surface area (Å²) < 4.78 is 18.1. The second-order valence-corrected chi connectivity index (χ2v) is 8.04. The Morgan fingerprint density at radius 1 is 1.09 bits per heavy atom. The molecule has 2 aromatic rings. The largest absolute Gasteiger partial charge is 0.462 e. The van der Waals surface area contributed by atoms with Gasteiger partial charge in [-0.05, 0) is 67.7 Å². The monoisotopic (exact) mass is 500 g/mol. The molecular formula is C24H25FN4O5S. The Morgan fingerprint density at radius 3 is 2.34 bits per heavy atom. The number of halogens is 1. The minimum absolute atomic E-state index is 0.170. The highest BCUT2D eigenvalue weighted by Crippen LogP contribution is 2.27. The van der Waals surface area contributed by atoms with Crippen molar-refractivity contribution in [1.82, 2.24) is 10.2 Å². The summed E-state index contributed by atoms with van der Waals surface area (Å²) in [7, 11) is 0. The van der Waals surface area contributed by atoms with Crippen molar-refractivity contribution >= 4 is 52.4 Å². The zero-order valence-electron chi connectivity index (χ0n) is 19.2. The number of nitrogens with zero attached hydrogens (tertiary/aromatic N) is 2. The third kappa shape index (κ3) is 6.38. The molecule has 1 atom stereocenters. The first-order valence-corrected chi connectivity index (χ1v) is 11.3. The number of rotatable bonds is 9. The first kappa shape index (κ1) is 25.8. The van der Waals surface area contributed by atoms with Crippen LogP contribution in [0.4, 0.5) is 15.8 Å². The Kier molecular flexibility index (Phi) is 8.48. The lowest BCUT2D eigenvalue weighted by molar-refractivity contribution is -0.124. The van der Waals surface area contributed by atoms with Crippen molar-refractivity contribution in [3.63, 3.8) is 0 Å². The van der Waals surface area contributed by atoms with Crippen LogP contribution in [0, 0.1) is 5.82 Å². The molecule has 0 aliphatic carbocycles. The minimum atomic E-state index is -0.915. The third-order valence-electron chi connectivity index (χ3n) is 5.19. The summed E-state index contributed by atoms with van der Waals surface area (Å²) >= 11 is 5.55. The molecular weight excluding hydrogens is 475 g/mol. The Bertz CT molecular complexity index is 1120. The molecule has 3 amide bonds. The lowest BCUT2D eigenvalue weighted by Crippen LogP contribution is -2.42. The molecule has 0 saturated carbocycles. The van der Waals surface area contributed by atoms with E-state index < -0.39 is 29.6 Å². The fraction of sp³-hybridized carbons (Fsp3) is 0.292. The highest BCUT2D eigenvalue weighted by atomic mass is 32.1. The Morgan fingerprint density at radius 2 is 1.74 bits per heavy atom. The quantitative estimate of drug-likeness (QED) is 0.402. The Balaban J connectivity index is 1.80. The second-order valence-electron chi connectivity index (χ2n) is 7.67. The maximum atomic E-state index is 13.4. The molecule has 0 bridgehead atoms. The average Bonchev–Trinajstić information content (AvgIpc) is 3.04. The fourth-order valence-electron chi connectivity index (χ4n) is 3.56. The van der Waals surface area contributed by atoms with Crippen molar-refractivity contribution in [3.8, 4) is 0 Å². The summed E-state index contributed by atoms with van der Waals surface area (Å²) in [4.78, 5) is 52.2. The van der Waals surface area contributed by atoms with Crippen LogP contribution in [0.5, 0.6) is 0 Å². The van der Waals surface area contributed by atoms with E-state index in [-0.39, 0.29) is 37.1 Å². The summed E-state index contributed by atoms with van der Waals surface area (Å²) in [5, 5.41) is 5.47. The molecule has 2 aromatic carbocycles. The standard InChI is InChI=1S/C24H25FN4O5S/c1-3-34-23(33)16-4-10-19(11-5-16)29-22(32)20(28(24(29)35)13-12-26-15(2)30)14-21(31)27-18-8-6-17(25)7-9-18/h4-11,20H,3,12-14H2,1-2H3,(H,26,30)(H,27,31)/t20-/m0/s1. The second kappa shape index (κ2) is 11.5. The van der Waals surface area contributed by atoms with Crippen molar-refractivity contribution in [2.45, 2.75) is 26.3 Å². The molecule has 1 saturated heterocycles. The number of hydrogen-bond acceptors (Lipinski definition) is 6. The third-order valence-corrected chi connectivity index (χ3v) is 5.61. The number of esters is 1. The van der Waals surface area contributed by atoms with Crippen molar-refractivity contribution < 1.29 is 28.3 Å². The molecule has 11 heteroatoms. The highest BCUT2D eigenvalue weighted by molar-refractivity contribution is 7.80. The van der Waals surface area contributed by atoms with Crippen LogP contribution < -0.4 is 15.5 Å². The maximum absolute atomic E-state index is 13.4. The molecule has 3 rings (SSSR count). The van der Waals surface area contributed by atoms with Gasteiger partial charge in [-0.3, -0.25) is 19.3 Å². The molecule has 0 radical (unpaired) electrons. The van der Waals surface area contributed by atoms with Crippen LogP contribution in [0.25, 0.3) is 0 Å². The van der Waals surface area contributed by atoms with Gasteiger partial charge < -0.3 is 20.3 Å². The van der Waals surface area contributed by atoms with Crippen molar-refractivity contribution in [2.75, 3.05) is 29.9 Å². The molecule has 35 heavy (non-hydrogen) atoms. The van der Waals surface area contributed by atoms with Crippen LogP contribution in [0.1, 0.15) is 30.6 Å². The zero-order valence-corrected chi connectivity index (χ0v) is 20.1. The van der Waals surface area contributed by atoms with E-state index in [1.54, 1.807) is 24.0 Å². The molecule has 0 spiro atoms. The normalized spacial score (nSPS) is 15.2. The molecule has 1 fully saturated rings. The van der Waals surface area contributed by atoms with Gasteiger partial charge in [0.2, 0.25) is 11.8 Å². The zero-order chi connectivity index (χ0) is 25.5. The van der Waals surface area contributed by atoms with E-state index in [0.717, 1.165) is 0 Å². The lowest BCUT2D eigenvalue weighted by atomic mass is 10.1. The molecule has 2 N–H and O–H groups in total. The van der Waals surface area contributed by atoms with Gasteiger partial charge in [0.25, 0.3) is 5.91 Å². The number of benzene rings is 2. The number of ether oxygens (including phenoxy) is 1. The molecule has 184 valence electrons. The van der Waals surface area contributed by atoms with Gasteiger partial charge in [-0.25, -0.2) is 9.18 Å². The highest BCUT2D eigenvalue weighted by Gasteiger charge is 2.44. The molecule has 1 aliphatic rings. The van der Waals surface area contributed by atoms with E-state index >= 15 is 0 Å². The van der Waals surface area contributed by atoms with Crippen LogP contribution in [-0.4, -0.2) is 59.4 Å². The number of carbonyl (C=O) groups excluding carboxylic acids is 4. The van der Waals surface area contributed by atoms with Gasteiger partial charge in [-0.15, -0.1) is 0 Å². The number of thiocarbonyl (C=S) groups is 1. The Labute approximate surface area is 207 Å². The maximum Gasteiger partial charge on any atom is 0.338 e. The number of amides is 3. The fourth-order valence-corrected chi connectivity index (χ4v) is 3.97. The summed E-state index contributed by atoms with van der Waals surface area (Å²) in [5.74, 6) is -2.04. The van der Waals surface area contributed by atoms with Crippen molar-refractivity contribution in [2.24, 2.45) is 0 Å². The van der Waals surface area contributed by atoms with Gasteiger partial charge in [0.1, 0.15) is 11.9 Å². The number of nitrogens with one attached hydrogen (secondary N) is 2. The number of anilines is 2. The molecule has 0 unspecified atom stereocenters. The average molecular weight is 501 g/mol. The first-order valence-electron chi connectivity index (χ1n) is 10.9. The summed E-state index contributed by atoms with van der Waals surface area (Å²) in [6.07, 6.45) is -0.214. The predicted octanol–water partition coefficient (Wildman–Crippen LogP) is 2.47. The molecule has 9 nitrogen and oxygen atoms in total. The van der Waals surface area contributed by atoms with Crippen molar-refractivity contribution in [3.05, 3.63) is 59.9 Å². The van der Waals surface area contributed by atoms with Crippen LogP contribution in [0.15, 0.2) is 48.5 Å². The van der Waals surface area contributed by atoms with Crippen molar-refractivity contribution in [1.29, 1.82) is 0 Å². The van der Waals surface area contributed by atoms with Gasteiger partial charge in [0.05, 0.1) is 24.3 Å². The molecule has 0 aromatic heterocycles. The van der Waals surface area contributed by atoms with E-state index in [1.807, 2.05) is 0 Å². The molecule has 1 heterocycles. The van der Waals surface area contributed by atoms with Crippen LogP contribution in [-0.2, 0) is 19.1 Å². The van der Waals surface area contributed by atoms with Crippen LogP contribution in [0.3, 0.4) is 0 Å². The smallest absolute Gasteiger partial charge is 0.338 e. The molecule has 1 aliphatic heterocycles.